The molecule has 7 nitrogen and oxygen atoms in total. The first-order chi connectivity index (χ1) is 8.95. The van der Waals surface area contributed by atoms with Crippen LogP contribution in [-0.2, 0) is 0 Å². The monoisotopic (exact) mass is 267 g/mol. The van der Waals surface area contributed by atoms with Crippen molar-refractivity contribution >= 4 is 17.3 Å². The van der Waals surface area contributed by atoms with Crippen LogP contribution in [0.3, 0.4) is 0 Å². The van der Waals surface area contributed by atoms with E-state index in [0.29, 0.717) is 18.2 Å². The van der Waals surface area contributed by atoms with Crippen molar-refractivity contribution in [1.29, 1.82) is 0 Å². The van der Waals surface area contributed by atoms with Crippen molar-refractivity contribution in [2.24, 2.45) is 0 Å². The second kappa shape index (κ2) is 6.89. The van der Waals surface area contributed by atoms with Crippen LogP contribution >= 0.6 is 0 Å². The quantitative estimate of drug-likeness (QED) is 0.579. The van der Waals surface area contributed by atoms with Crippen LogP contribution in [0.15, 0.2) is 12.1 Å². The number of nitrogens with zero attached hydrogens (tertiary/aromatic N) is 3. The molecule has 1 unspecified atom stereocenters. The lowest BCUT2D eigenvalue weighted by molar-refractivity contribution is -0.384. The lowest BCUT2D eigenvalue weighted by Gasteiger charge is -2.20. The summed E-state index contributed by atoms with van der Waals surface area (Å²) in [5.74, 6) is 0.935. The van der Waals surface area contributed by atoms with Crippen molar-refractivity contribution in [3.63, 3.8) is 0 Å². The molecule has 0 amide bonds. The van der Waals surface area contributed by atoms with Crippen LogP contribution in [-0.4, -0.2) is 48.0 Å². The third-order valence-electron chi connectivity index (χ3n) is 2.88. The van der Waals surface area contributed by atoms with E-state index in [-0.39, 0.29) is 11.7 Å². The predicted molar refractivity (Wildman–Crippen MR) is 76.7 cm³/mol. The Bertz CT molecular complexity index is 436. The Morgan fingerprint density at radius 2 is 2.11 bits per heavy atom. The van der Waals surface area contributed by atoms with Gasteiger partial charge in [-0.25, -0.2) is 4.98 Å². The number of likely N-dealkylation sites (N-methyl/N-ethyl adjacent to an activating group) is 1. The van der Waals surface area contributed by atoms with Crippen LogP contribution in [0.2, 0.25) is 0 Å². The van der Waals surface area contributed by atoms with E-state index in [9.17, 15) is 10.1 Å². The van der Waals surface area contributed by atoms with Gasteiger partial charge in [0, 0.05) is 25.2 Å². The number of nitro groups is 1. The summed E-state index contributed by atoms with van der Waals surface area (Å²) in [6, 6.07) is 3.33. The maximum atomic E-state index is 11.0. The molecule has 19 heavy (non-hydrogen) atoms. The summed E-state index contributed by atoms with van der Waals surface area (Å²) in [4.78, 5) is 16.8. The zero-order valence-electron chi connectivity index (χ0n) is 11.8. The number of aromatic nitrogens is 1. The van der Waals surface area contributed by atoms with Crippen molar-refractivity contribution in [1.82, 2.24) is 9.88 Å². The molecule has 106 valence electrons. The normalized spacial score (nSPS) is 12.3. The first-order valence-corrected chi connectivity index (χ1v) is 6.25. The maximum Gasteiger partial charge on any atom is 0.311 e. The van der Waals surface area contributed by atoms with Crippen LogP contribution in [0, 0.1) is 10.1 Å². The molecule has 2 N–H and O–H groups in total. The predicted octanol–water partition coefficient (Wildman–Crippen LogP) is 1.78. The minimum Gasteiger partial charge on any atom is -0.370 e. The second-order valence-corrected chi connectivity index (χ2v) is 4.55. The Morgan fingerprint density at radius 1 is 1.42 bits per heavy atom. The van der Waals surface area contributed by atoms with Crippen molar-refractivity contribution < 1.29 is 4.92 Å². The zero-order valence-corrected chi connectivity index (χ0v) is 11.8. The number of anilines is 2. The Balaban J connectivity index is 2.88. The molecule has 0 saturated heterocycles. The zero-order chi connectivity index (χ0) is 14.4. The maximum absolute atomic E-state index is 11.0. The number of pyridine rings is 1. The van der Waals surface area contributed by atoms with E-state index >= 15 is 0 Å². The highest BCUT2D eigenvalue weighted by molar-refractivity contribution is 5.60. The lowest BCUT2D eigenvalue weighted by Crippen LogP contribution is -2.31. The molecule has 0 radical (unpaired) electrons. The average Bonchev–Trinajstić information content (AvgIpc) is 2.36. The summed E-state index contributed by atoms with van der Waals surface area (Å²) in [6.45, 7) is 5.30. The van der Waals surface area contributed by atoms with Gasteiger partial charge in [0.15, 0.2) is 0 Å². The van der Waals surface area contributed by atoms with E-state index < -0.39 is 4.92 Å². The van der Waals surface area contributed by atoms with Gasteiger partial charge >= 0.3 is 5.69 Å². The molecule has 0 fully saturated rings. The van der Waals surface area contributed by atoms with Crippen molar-refractivity contribution in [2.75, 3.05) is 37.8 Å². The third kappa shape index (κ3) is 4.36. The Morgan fingerprint density at radius 3 is 2.63 bits per heavy atom. The topological polar surface area (TPSA) is 83.3 Å². The highest BCUT2D eigenvalue weighted by Crippen LogP contribution is 2.23. The molecular formula is C12H21N5O2. The van der Waals surface area contributed by atoms with Crippen LogP contribution in [0.5, 0.6) is 0 Å². The molecule has 1 aromatic rings. The van der Waals surface area contributed by atoms with Crippen LogP contribution in [0.25, 0.3) is 0 Å². The molecule has 1 rings (SSSR count). The van der Waals surface area contributed by atoms with Gasteiger partial charge in [0.1, 0.15) is 5.82 Å². The van der Waals surface area contributed by atoms with E-state index in [1.807, 2.05) is 32.8 Å². The highest BCUT2D eigenvalue weighted by atomic mass is 16.6. The molecule has 1 aromatic heterocycles. The first kappa shape index (κ1) is 15.2. The van der Waals surface area contributed by atoms with E-state index in [1.54, 1.807) is 6.07 Å². The number of rotatable bonds is 7. The minimum atomic E-state index is -0.425. The smallest absolute Gasteiger partial charge is 0.311 e. The van der Waals surface area contributed by atoms with Gasteiger partial charge in [-0.05, 0) is 34.0 Å². The minimum absolute atomic E-state index is 0.00684. The molecule has 0 aromatic carbocycles. The third-order valence-corrected chi connectivity index (χ3v) is 2.88. The molecule has 0 saturated carbocycles. The second-order valence-electron chi connectivity index (χ2n) is 4.55. The Labute approximate surface area is 113 Å². The first-order valence-electron chi connectivity index (χ1n) is 6.25. The molecule has 1 heterocycles. The summed E-state index contributed by atoms with van der Waals surface area (Å²) in [6.07, 6.45) is 0. The van der Waals surface area contributed by atoms with Crippen molar-refractivity contribution in [3.05, 3.63) is 22.2 Å². The largest absolute Gasteiger partial charge is 0.370 e. The summed E-state index contributed by atoms with van der Waals surface area (Å²) in [5.41, 5.74) is -0.00684. The van der Waals surface area contributed by atoms with Gasteiger partial charge in [0.25, 0.3) is 0 Å². The highest BCUT2D eigenvalue weighted by Gasteiger charge is 2.16. The molecule has 0 spiro atoms. The summed E-state index contributed by atoms with van der Waals surface area (Å²) in [5, 5.41) is 17.0. The fraction of sp³-hybridized carbons (Fsp3) is 0.583. The van der Waals surface area contributed by atoms with E-state index in [2.05, 4.69) is 15.6 Å². The Kier molecular flexibility index (Phi) is 5.50. The fourth-order valence-corrected chi connectivity index (χ4v) is 1.44. The molecule has 0 aliphatic heterocycles. The number of hydrogen-bond donors (Lipinski definition) is 2. The SMILES string of the molecule is CCNc1ccc([N+](=O)[O-])c(NCC(C)N(C)C)n1. The van der Waals surface area contributed by atoms with Gasteiger partial charge in [-0.2, -0.15) is 0 Å². The Hall–Kier alpha value is -1.89. The summed E-state index contributed by atoms with van der Waals surface area (Å²) in [7, 11) is 3.92. The van der Waals surface area contributed by atoms with Gasteiger partial charge < -0.3 is 15.5 Å². The molecule has 0 aliphatic carbocycles. The molecular weight excluding hydrogens is 246 g/mol. The van der Waals surface area contributed by atoms with Crippen LogP contribution < -0.4 is 10.6 Å². The van der Waals surface area contributed by atoms with Gasteiger partial charge in [0.2, 0.25) is 5.82 Å². The number of hydrogen-bond acceptors (Lipinski definition) is 6. The average molecular weight is 267 g/mol. The van der Waals surface area contributed by atoms with E-state index in [4.69, 9.17) is 0 Å². The van der Waals surface area contributed by atoms with Gasteiger partial charge in [-0.15, -0.1) is 0 Å². The van der Waals surface area contributed by atoms with Gasteiger partial charge in [0.05, 0.1) is 4.92 Å². The van der Waals surface area contributed by atoms with Crippen molar-refractivity contribution in [3.8, 4) is 0 Å². The standard InChI is InChI=1S/C12H21N5O2/c1-5-13-11-7-6-10(17(18)19)12(15-11)14-8-9(2)16(3)4/h6-7,9H,5,8H2,1-4H3,(H2,13,14,15). The van der Waals surface area contributed by atoms with Gasteiger partial charge in [-0.3, -0.25) is 10.1 Å². The summed E-state index contributed by atoms with van der Waals surface area (Å²) >= 11 is 0. The molecule has 0 aliphatic rings. The van der Waals surface area contributed by atoms with Crippen LogP contribution in [0.1, 0.15) is 13.8 Å². The number of nitrogens with one attached hydrogen (secondary N) is 2. The lowest BCUT2D eigenvalue weighted by atomic mass is 10.3. The van der Waals surface area contributed by atoms with Gasteiger partial charge in [-0.1, -0.05) is 0 Å². The van der Waals surface area contributed by atoms with Crippen LogP contribution in [0.4, 0.5) is 17.3 Å². The summed E-state index contributed by atoms with van der Waals surface area (Å²) < 4.78 is 0. The van der Waals surface area contributed by atoms with Crippen molar-refractivity contribution in [2.45, 2.75) is 19.9 Å². The molecule has 1 atom stereocenters. The van der Waals surface area contributed by atoms with E-state index in [0.717, 1.165) is 6.54 Å². The fourth-order valence-electron chi connectivity index (χ4n) is 1.44. The molecule has 7 heteroatoms. The molecule has 0 bridgehead atoms. The van der Waals surface area contributed by atoms with E-state index in [1.165, 1.54) is 6.07 Å².